The fourth-order valence-electron chi connectivity index (χ4n) is 3.29. The first kappa shape index (κ1) is 17.4. The number of benzene rings is 2. The molecule has 1 unspecified atom stereocenters. The number of carboxylic acids is 1. The van der Waals surface area contributed by atoms with Gasteiger partial charge in [-0.25, -0.2) is 13.6 Å². The molecule has 1 amide bonds. The van der Waals surface area contributed by atoms with Gasteiger partial charge in [-0.3, -0.25) is 4.79 Å². The lowest BCUT2D eigenvalue weighted by molar-refractivity contribution is -0.116. The minimum Gasteiger partial charge on any atom is -0.477 e. The van der Waals surface area contributed by atoms with E-state index >= 15 is 0 Å². The van der Waals surface area contributed by atoms with Crippen LogP contribution in [0.4, 0.5) is 14.5 Å². The summed E-state index contributed by atoms with van der Waals surface area (Å²) in [7, 11) is 0. The number of hydrogen-bond acceptors (Lipinski definition) is 3. The van der Waals surface area contributed by atoms with Gasteiger partial charge in [-0.05, 0) is 35.4 Å². The molecule has 27 heavy (non-hydrogen) atoms. The van der Waals surface area contributed by atoms with Crippen molar-refractivity contribution in [3.63, 3.8) is 0 Å². The number of carbonyl (C=O) groups is 2. The lowest BCUT2D eigenvalue weighted by atomic mass is 9.88. The molecule has 0 aliphatic carbocycles. The second-order valence-electron chi connectivity index (χ2n) is 6.21. The molecule has 136 valence electrons. The third kappa shape index (κ3) is 3.10. The Morgan fingerprint density at radius 3 is 2.22 bits per heavy atom. The van der Waals surface area contributed by atoms with Crippen LogP contribution in [0.3, 0.4) is 0 Å². The van der Waals surface area contributed by atoms with Crippen molar-refractivity contribution in [2.75, 3.05) is 5.32 Å². The van der Waals surface area contributed by atoms with Gasteiger partial charge < -0.3 is 10.4 Å². The maximum Gasteiger partial charge on any atom is 0.346 e. The van der Waals surface area contributed by atoms with Gasteiger partial charge in [0.05, 0.1) is 5.69 Å². The Labute approximate surface area is 157 Å². The van der Waals surface area contributed by atoms with Gasteiger partial charge in [0.2, 0.25) is 5.91 Å². The van der Waals surface area contributed by atoms with E-state index in [0.29, 0.717) is 21.7 Å². The summed E-state index contributed by atoms with van der Waals surface area (Å²) in [6.07, 6.45) is 0.140. The van der Waals surface area contributed by atoms with Crippen molar-refractivity contribution in [2.24, 2.45) is 0 Å². The maximum atomic E-state index is 13.3. The highest BCUT2D eigenvalue weighted by Crippen LogP contribution is 2.49. The fourth-order valence-corrected chi connectivity index (χ4v) is 4.54. The summed E-state index contributed by atoms with van der Waals surface area (Å²) in [6, 6.07) is 11.3. The van der Waals surface area contributed by atoms with Gasteiger partial charge in [0.1, 0.15) is 16.5 Å². The molecule has 4 nitrogen and oxygen atoms in total. The normalized spacial score (nSPS) is 15.9. The molecule has 3 aromatic rings. The number of amides is 1. The predicted molar refractivity (Wildman–Crippen MR) is 98.2 cm³/mol. The molecule has 0 radical (unpaired) electrons. The largest absolute Gasteiger partial charge is 0.477 e. The predicted octanol–water partition coefficient (Wildman–Crippen LogP) is 4.87. The highest BCUT2D eigenvalue weighted by Gasteiger charge is 2.34. The number of halogens is 2. The Morgan fingerprint density at radius 1 is 1.04 bits per heavy atom. The van der Waals surface area contributed by atoms with E-state index < -0.39 is 11.8 Å². The van der Waals surface area contributed by atoms with Crippen molar-refractivity contribution in [3.05, 3.63) is 75.5 Å². The van der Waals surface area contributed by atoms with Gasteiger partial charge in [0.15, 0.2) is 0 Å². The lowest BCUT2D eigenvalue weighted by Crippen LogP contribution is -2.22. The Morgan fingerprint density at radius 2 is 1.63 bits per heavy atom. The minimum atomic E-state index is -1.12. The number of nitrogens with one attached hydrogen (secondary N) is 1. The van der Waals surface area contributed by atoms with Gasteiger partial charge in [-0.1, -0.05) is 24.3 Å². The molecule has 1 aliphatic rings. The van der Waals surface area contributed by atoms with Gasteiger partial charge in [0, 0.05) is 22.8 Å². The number of carbonyl (C=O) groups excluding carboxylic acids is 1. The van der Waals surface area contributed by atoms with Crippen LogP contribution in [-0.2, 0) is 4.79 Å². The van der Waals surface area contributed by atoms with Crippen LogP contribution in [0, 0.1) is 11.6 Å². The number of hydrogen-bond donors (Lipinski definition) is 2. The molecule has 2 heterocycles. The number of anilines is 1. The van der Waals surface area contributed by atoms with E-state index in [1.807, 2.05) is 0 Å². The molecule has 1 atom stereocenters. The Hall–Kier alpha value is -3.06. The smallest absolute Gasteiger partial charge is 0.346 e. The van der Waals surface area contributed by atoms with E-state index in [2.05, 4.69) is 5.32 Å². The summed E-state index contributed by atoms with van der Waals surface area (Å²) >= 11 is 1.08. The third-order valence-electron chi connectivity index (χ3n) is 4.51. The van der Waals surface area contributed by atoms with E-state index in [9.17, 15) is 23.5 Å². The van der Waals surface area contributed by atoms with Crippen LogP contribution in [-0.4, -0.2) is 17.0 Å². The van der Waals surface area contributed by atoms with Crippen LogP contribution in [0.25, 0.3) is 11.1 Å². The van der Waals surface area contributed by atoms with Crippen molar-refractivity contribution >= 4 is 28.9 Å². The molecule has 0 saturated carbocycles. The summed E-state index contributed by atoms with van der Waals surface area (Å²) < 4.78 is 26.6. The molecule has 0 saturated heterocycles. The second-order valence-corrected chi connectivity index (χ2v) is 7.27. The van der Waals surface area contributed by atoms with Gasteiger partial charge in [0.25, 0.3) is 0 Å². The monoisotopic (exact) mass is 385 g/mol. The van der Waals surface area contributed by atoms with Crippen LogP contribution >= 0.6 is 11.3 Å². The SMILES string of the molecule is O=C1CC(c2ccc(F)cc2)c2sc(C(=O)O)c(-c3ccc(F)cc3)c2N1. The fraction of sp³-hybridized carbons (Fsp3) is 0.100. The molecule has 2 aromatic carbocycles. The molecular weight excluding hydrogens is 372 g/mol. The zero-order chi connectivity index (χ0) is 19.1. The highest BCUT2D eigenvalue weighted by molar-refractivity contribution is 7.15. The van der Waals surface area contributed by atoms with Crippen LogP contribution in [0.1, 0.15) is 32.5 Å². The quantitative estimate of drug-likeness (QED) is 0.676. The van der Waals surface area contributed by atoms with E-state index in [4.69, 9.17) is 0 Å². The van der Waals surface area contributed by atoms with E-state index in [1.165, 1.54) is 36.4 Å². The van der Waals surface area contributed by atoms with Gasteiger partial charge >= 0.3 is 5.97 Å². The molecule has 4 rings (SSSR count). The van der Waals surface area contributed by atoms with Crippen molar-refractivity contribution in [2.45, 2.75) is 12.3 Å². The Bertz CT molecular complexity index is 1040. The number of rotatable bonds is 3. The summed E-state index contributed by atoms with van der Waals surface area (Å²) in [5, 5.41) is 12.4. The highest BCUT2D eigenvalue weighted by atomic mass is 32.1. The molecular formula is C20H13F2NO3S. The first-order chi connectivity index (χ1) is 12.9. The van der Waals surface area contributed by atoms with Gasteiger partial charge in [-0.2, -0.15) is 0 Å². The Balaban J connectivity index is 1.92. The van der Waals surface area contributed by atoms with Crippen molar-refractivity contribution < 1.29 is 23.5 Å². The Kier molecular flexibility index (Phi) is 4.24. The molecule has 1 aliphatic heterocycles. The number of thiophene rings is 1. The topological polar surface area (TPSA) is 66.4 Å². The zero-order valence-electron chi connectivity index (χ0n) is 13.8. The summed E-state index contributed by atoms with van der Waals surface area (Å²) in [5.74, 6) is -2.57. The summed E-state index contributed by atoms with van der Waals surface area (Å²) in [6.45, 7) is 0. The number of aromatic carboxylic acids is 1. The lowest BCUT2D eigenvalue weighted by Gasteiger charge is -2.23. The van der Waals surface area contributed by atoms with Crippen molar-refractivity contribution in [1.82, 2.24) is 0 Å². The first-order valence-corrected chi connectivity index (χ1v) is 8.97. The number of fused-ring (bicyclic) bond motifs is 1. The average Bonchev–Trinajstić information content (AvgIpc) is 3.02. The number of carboxylic acid groups (broad SMARTS) is 1. The molecule has 0 spiro atoms. The zero-order valence-corrected chi connectivity index (χ0v) is 14.6. The molecule has 0 bridgehead atoms. The summed E-state index contributed by atoms with van der Waals surface area (Å²) in [5.41, 5.74) is 2.03. The minimum absolute atomic E-state index is 0.0703. The van der Waals surface area contributed by atoms with E-state index in [0.717, 1.165) is 16.9 Å². The van der Waals surface area contributed by atoms with E-state index in [1.54, 1.807) is 12.1 Å². The molecule has 7 heteroatoms. The molecule has 1 aromatic heterocycles. The van der Waals surface area contributed by atoms with Crippen LogP contribution in [0.2, 0.25) is 0 Å². The van der Waals surface area contributed by atoms with Crippen molar-refractivity contribution in [3.8, 4) is 11.1 Å². The molecule has 2 N–H and O–H groups in total. The van der Waals surface area contributed by atoms with Crippen LogP contribution in [0.15, 0.2) is 48.5 Å². The summed E-state index contributed by atoms with van der Waals surface area (Å²) in [4.78, 5) is 24.9. The second kappa shape index (κ2) is 6.59. The van der Waals surface area contributed by atoms with Crippen LogP contribution in [0.5, 0.6) is 0 Å². The van der Waals surface area contributed by atoms with Crippen molar-refractivity contribution in [1.29, 1.82) is 0 Å². The standard InChI is InChI=1S/C20H13F2NO3S/c21-12-5-1-10(2-6-12)14-9-15(24)23-17-16(11-3-7-13(22)8-4-11)19(20(25)26)27-18(14)17/h1-8,14H,9H2,(H,23,24)(H,25,26). The first-order valence-electron chi connectivity index (χ1n) is 8.15. The third-order valence-corrected chi connectivity index (χ3v) is 5.80. The average molecular weight is 385 g/mol. The maximum absolute atomic E-state index is 13.3. The molecule has 0 fully saturated rings. The van der Waals surface area contributed by atoms with E-state index in [-0.39, 0.29) is 28.9 Å². The van der Waals surface area contributed by atoms with Gasteiger partial charge in [-0.15, -0.1) is 11.3 Å². The van der Waals surface area contributed by atoms with Crippen LogP contribution < -0.4 is 5.32 Å².